The molecule has 0 aliphatic heterocycles. The van der Waals surface area contributed by atoms with E-state index in [0.29, 0.717) is 0 Å². The normalized spacial score (nSPS) is 6.00. The highest BCUT2D eigenvalue weighted by Gasteiger charge is 1.40. The Morgan fingerprint density at radius 2 is 1.43 bits per heavy atom. The van der Waals surface area contributed by atoms with Gasteiger partial charge in [-0.3, -0.25) is 0 Å². The highest BCUT2D eigenvalue weighted by molar-refractivity contribution is 7.59. The van der Waals surface area contributed by atoms with E-state index in [1.165, 1.54) is 0 Å². The van der Waals surface area contributed by atoms with Crippen LogP contribution in [0.4, 0.5) is 0 Å². The molecule has 44 valence electrons. The van der Waals surface area contributed by atoms with Gasteiger partial charge in [0.1, 0.15) is 0 Å². The zero-order chi connectivity index (χ0) is 6.28. The molecular formula is C2H7NO3S. The van der Waals surface area contributed by atoms with Crippen LogP contribution in [0, 0.1) is 0 Å². The van der Waals surface area contributed by atoms with Gasteiger partial charge in [0.25, 0.3) is 0 Å². The van der Waals surface area contributed by atoms with Crippen molar-refractivity contribution >= 4 is 10.6 Å². The third kappa shape index (κ3) is 405. The van der Waals surface area contributed by atoms with Crippen molar-refractivity contribution in [2.24, 2.45) is 5.73 Å². The first-order chi connectivity index (χ1) is 3.15. The van der Waals surface area contributed by atoms with Crippen molar-refractivity contribution in [2.45, 2.75) is 6.92 Å². The van der Waals surface area contributed by atoms with E-state index in [-0.39, 0.29) is 0 Å². The first-order valence-electron chi connectivity index (χ1n) is 1.62. The van der Waals surface area contributed by atoms with Crippen LogP contribution in [0.2, 0.25) is 0 Å². The first kappa shape index (κ1) is 9.77. The van der Waals surface area contributed by atoms with Crippen molar-refractivity contribution < 1.29 is 12.6 Å². The summed E-state index contributed by atoms with van der Waals surface area (Å²) in [5.74, 6) is 0. The summed E-state index contributed by atoms with van der Waals surface area (Å²) in [7, 11) is -3.11. The van der Waals surface area contributed by atoms with Crippen LogP contribution in [-0.4, -0.2) is 19.2 Å². The SMILES string of the molecule is CCN.O=S(=O)=O. The molecule has 2 N–H and O–H groups in total. The topological polar surface area (TPSA) is 77.2 Å². The van der Waals surface area contributed by atoms with Crippen LogP contribution < -0.4 is 5.73 Å². The Morgan fingerprint density at radius 3 is 1.43 bits per heavy atom. The second-order valence-corrected chi connectivity index (χ2v) is 1.02. The molecular weight excluding hydrogens is 118 g/mol. The molecule has 0 aromatic carbocycles. The maximum Gasteiger partial charge on any atom is 0.425 e. The molecule has 0 aromatic heterocycles. The van der Waals surface area contributed by atoms with Gasteiger partial charge in [0.15, 0.2) is 0 Å². The summed E-state index contributed by atoms with van der Waals surface area (Å²) in [6.07, 6.45) is 0. The molecule has 0 saturated carbocycles. The fourth-order valence-electron chi connectivity index (χ4n) is 0. The van der Waals surface area contributed by atoms with Gasteiger partial charge in [-0.25, -0.2) is 0 Å². The Balaban J connectivity index is 0. The number of hydrogen-bond acceptors (Lipinski definition) is 4. The Bertz CT molecular complexity index is 93.1. The van der Waals surface area contributed by atoms with Gasteiger partial charge in [0, 0.05) is 0 Å². The largest absolute Gasteiger partial charge is 0.425 e. The predicted octanol–water partition coefficient (Wildman–Crippen LogP) is -1.04. The summed E-state index contributed by atoms with van der Waals surface area (Å²) >= 11 is 0. The molecule has 4 nitrogen and oxygen atoms in total. The van der Waals surface area contributed by atoms with E-state index >= 15 is 0 Å². The second-order valence-electron chi connectivity index (χ2n) is 0.612. The summed E-state index contributed by atoms with van der Waals surface area (Å²) in [6, 6.07) is 0. The van der Waals surface area contributed by atoms with E-state index < -0.39 is 10.6 Å². The lowest BCUT2D eigenvalue weighted by Crippen LogP contribution is -1.87. The molecule has 0 amide bonds. The lowest BCUT2D eigenvalue weighted by atomic mass is 10.8. The van der Waals surface area contributed by atoms with Gasteiger partial charge < -0.3 is 5.73 Å². The van der Waals surface area contributed by atoms with Crippen LogP contribution >= 0.6 is 0 Å². The lowest BCUT2D eigenvalue weighted by molar-refractivity contribution is 0.559. The molecule has 0 aromatic rings. The summed E-state index contributed by atoms with van der Waals surface area (Å²) in [5.41, 5.74) is 4.85. The van der Waals surface area contributed by atoms with E-state index in [2.05, 4.69) is 0 Å². The zero-order valence-electron chi connectivity index (χ0n) is 3.92. The minimum absolute atomic E-state index is 0.750. The van der Waals surface area contributed by atoms with Crippen molar-refractivity contribution in [2.75, 3.05) is 6.54 Å². The van der Waals surface area contributed by atoms with Gasteiger partial charge in [-0.1, -0.05) is 6.92 Å². The van der Waals surface area contributed by atoms with Crippen molar-refractivity contribution in [3.8, 4) is 0 Å². The van der Waals surface area contributed by atoms with Gasteiger partial charge in [0.05, 0.1) is 0 Å². The Labute approximate surface area is 43.4 Å². The van der Waals surface area contributed by atoms with Crippen LogP contribution in [0.25, 0.3) is 0 Å². The molecule has 0 radical (unpaired) electrons. The molecule has 0 unspecified atom stereocenters. The molecule has 0 spiro atoms. The van der Waals surface area contributed by atoms with Gasteiger partial charge in [-0.2, -0.15) is 0 Å². The van der Waals surface area contributed by atoms with Gasteiger partial charge in [-0.15, -0.1) is 12.6 Å². The van der Waals surface area contributed by atoms with Gasteiger partial charge in [-0.05, 0) is 6.54 Å². The molecule has 0 heterocycles. The Kier molecular flexibility index (Phi) is 12.7. The minimum atomic E-state index is -3.11. The molecule has 0 fully saturated rings. The average Bonchev–Trinajstić information content (AvgIpc) is 1.33. The van der Waals surface area contributed by atoms with Crippen molar-refractivity contribution in [1.29, 1.82) is 0 Å². The smallest absolute Gasteiger partial charge is 0.331 e. The van der Waals surface area contributed by atoms with Crippen LogP contribution in [0.1, 0.15) is 6.92 Å². The number of nitrogens with two attached hydrogens (primary N) is 1. The predicted molar refractivity (Wildman–Crippen MR) is 24.4 cm³/mol. The lowest BCUT2D eigenvalue weighted by Gasteiger charge is -1.53. The van der Waals surface area contributed by atoms with E-state index in [0.717, 1.165) is 6.54 Å². The summed E-state index contributed by atoms with van der Waals surface area (Å²) in [4.78, 5) is 0. The standard InChI is InChI=1S/C2H7N.O3S/c1-2-3;1-4(2)3/h2-3H2,1H3;. The van der Waals surface area contributed by atoms with Crippen LogP contribution in [0.3, 0.4) is 0 Å². The minimum Gasteiger partial charge on any atom is -0.331 e. The van der Waals surface area contributed by atoms with Crippen molar-refractivity contribution in [3.63, 3.8) is 0 Å². The molecule has 0 aliphatic rings. The maximum atomic E-state index is 8.44. The van der Waals surface area contributed by atoms with Gasteiger partial charge >= 0.3 is 10.6 Å². The molecule has 7 heavy (non-hydrogen) atoms. The number of rotatable bonds is 0. The quantitative estimate of drug-likeness (QED) is 0.448. The van der Waals surface area contributed by atoms with E-state index in [9.17, 15) is 0 Å². The fraction of sp³-hybridized carbons (Fsp3) is 1.00. The van der Waals surface area contributed by atoms with E-state index in [4.69, 9.17) is 18.4 Å². The average molecular weight is 125 g/mol. The summed E-state index contributed by atoms with van der Waals surface area (Å²) < 4.78 is 25.3. The van der Waals surface area contributed by atoms with E-state index in [1.807, 2.05) is 6.92 Å². The third-order valence-electron chi connectivity index (χ3n) is 0. The first-order valence-corrected chi connectivity index (χ1v) is 2.62. The maximum absolute atomic E-state index is 8.44. The van der Waals surface area contributed by atoms with Crippen LogP contribution in [0.5, 0.6) is 0 Å². The highest BCUT2D eigenvalue weighted by atomic mass is 32.2. The van der Waals surface area contributed by atoms with Gasteiger partial charge in [0.2, 0.25) is 0 Å². The number of hydrogen-bond donors (Lipinski definition) is 1. The van der Waals surface area contributed by atoms with Crippen molar-refractivity contribution in [3.05, 3.63) is 0 Å². The molecule has 0 aliphatic carbocycles. The fourth-order valence-corrected chi connectivity index (χ4v) is 0. The Hall–Kier alpha value is -0.420. The molecule has 0 bridgehead atoms. The van der Waals surface area contributed by atoms with Crippen LogP contribution in [-0.2, 0) is 10.6 Å². The third-order valence-corrected chi connectivity index (χ3v) is 0. The Morgan fingerprint density at radius 1 is 1.43 bits per heavy atom. The van der Waals surface area contributed by atoms with Crippen molar-refractivity contribution in [1.82, 2.24) is 0 Å². The monoisotopic (exact) mass is 125 g/mol. The molecule has 5 heteroatoms. The highest BCUT2D eigenvalue weighted by Crippen LogP contribution is 1.20. The second kappa shape index (κ2) is 9.13. The molecule has 0 atom stereocenters. The zero-order valence-corrected chi connectivity index (χ0v) is 4.73. The van der Waals surface area contributed by atoms with Crippen LogP contribution in [0.15, 0.2) is 0 Å². The summed E-state index contributed by atoms with van der Waals surface area (Å²) in [6.45, 7) is 2.65. The molecule has 0 rings (SSSR count). The van der Waals surface area contributed by atoms with E-state index in [1.54, 1.807) is 0 Å². The molecule has 0 saturated heterocycles. The summed E-state index contributed by atoms with van der Waals surface area (Å²) in [5, 5.41) is 0.